The number of hydrogen-bond donors (Lipinski definition) is 1. The Morgan fingerprint density at radius 2 is 2.14 bits per heavy atom. The third kappa shape index (κ3) is 3.52. The lowest BCUT2D eigenvalue weighted by Gasteiger charge is -2.08. The molecule has 1 aromatic heterocycles. The van der Waals surface area contributed by atoms with E-state index in [0.717, 1.165) is 24.5 Å². The van der Waals surface area contributed by atoms with E-state index in [9.17, 15) is 0 Å². The summed E-state index contributed by atoms with van der Waals surface area (Å²) >= 11 is 0. The van der Waals surface area contributed by atoms with Gasteiger partial charge in [0, 0.05) is 13.2 Å². The molecule has 1 heterocycles. The van der Waals surface area contributed by atoms with E-state index in [1.165, 1.54) is 0 Å². The van der Waals surface area contributed by atoms with E-state index in [1.807, 2.05) is 12.1 Å². The van der Waals surface area contributed by atoms with E-state index < -0.39 is 0 Å². The fourth-order valence-electron chi connectivity index (χ4n) is 1.16. The minimum atomic E-state index is 0.533. The molecule has 0 saturated heterocycles. The van der Waals surface area contributed by atoms with Crippen molar-refractivity contribution >= 4 is 0 Å². The fourth-order valence-corrected chi connectivity index (χ4v) is 1.16. The molecule has 0 aliphatic rings. The van der Waals surface area contributed by atoms with E-state index in [-0.39, 0.29) is 0 Å². The normalized spacial score (nSPS) is 13.1. The summed E-state index contributed by atoms with van der Waals surface area (Å²) in [5.74, 6) is 1.85. The van der Waals surface area contributed by atoms with Gasteiger partial charge in [-0.05, 0) is 25.5 Å². The lowest BCUT2D eigenvalue weighted by Crippen LogP contribution is -2.24. The summed E-state index contributed by atoms with van der Waals surface area (Å²) < 4.78 is 10.5. The van der Waals surface area contributed by atoms with Gasteiger partial charge in [-0.15, -0.1) is 0 Å². The van der Waals surface area contributed by atoms with Crippen LogP contribution in [0.1, 0.15) is 31.8 Å². The van der Waals surface area contributed by atoms with Crippen LogP contribution in [0.5, 0.6) is 0 Å². The second-order valence-electron chi connectivity index (χ2n) is 3.49. The number of ether oxygens (including phenoxy) is 1. The monoisotopic (exact) mass is 197 g/mol. The third-order valence-corrected chi connectivity index (χ3v) is 2.24. The molecule has 1 aromatic rings. The maximum Gasteiger partial charge on any atom is 0.129 e. The molecule has 14 heavy (non-hydrogen) atoms. The van der Waals surface area contributed by atoms with Crippen LogP contribution < -0.4 is 5.32 Å². The first kappa shape index (κ1) is 11.3. The lowest BCUT2D eigenvalue weighted by molar-refractivity contribution is 0.162. The molecule has 1 unspecified atom stereocenters. The van der Waals surface area contributed by atoms with Gasteiger partial charge in [0.2, 0.25) is 0 Å². The molecule has 1 N–H and O–H groups in total. The number of furan rings is 1. The summed E-state index contributed by atoms with van der Waals surface area (Å²) in [4.78, 5) is 0. The van der Waals surface area contributed by atoms with Crippen molar-refractivity contribution in [1.29, 1.82) is 0 Å². The molecule has 0 spiro atoms. The maximum atomic E-state index is 5.53. The molecular weight excluding hydrogens is 178 g/mol. The van der Waals surface area contributed by atoms with Crippen LogP contribution >= 0.6 is 0 Å². The average molecular weight is 197 g/mol. The van der Waals surface area contributed by atoms with E-state index in [4.69, 9.17) is 9.15 Å². The largest absolute Gasteiger partial charge is 0.462 e. The van der Waals surface area contributed by atoms with Gasteiger partial charge in [-0.3, -0.25) is 0 Å². The fraction of sp³-hybridized carbons (Fsp3) is 0.636. The second kappa shape index (κ2) is 5.83. The Kier molecular flexibility index (Phi) is 4.70. The molecule has 0 radical (unpaired) electrons. The van der Waals surface area contributed by atoms with Crippen molar-refractivity contribution in [3.63, 3.8) is 0 Å². The molecule has 0 fully saturated rings. The van der Waals surface area contributed by atoms with Crippen LogP contribution in [0.25, 0.3) is 0 Å². The van der Waals surface area contributed by atoms with Crippen molar-refractivity contribution < 1.29 is 9.15 Å². The Bertz CT molecular complexity index is 258. The lowest BCUT2D eigenvalue weighted by atomic mass is 10.2. The predicted molar refractivity (Wildman–Crippen MR) is 56.0 cm³/mol. The Morgan fingerprint density at radius 3 is 2.79 bits per heavy atom. The van der Waals surface area contributed by atoms with Gasteiger partial charge in [-0.2, -0.15) is 0 Å². The predicted octanol–water partition coefficient (Wildman–Crippen LogP) is 2.31. The number of hydrogen-bond acceptors (Lipinski definition) is 3. The van der Waals surface area contributed by atoms with E-state index in [1.54, 1.807) is 7.11 Å². The molecule has 1 rings (SSSR count). The summed E-state index contributed by atoms with van der Waals surface area (Å²) in [6.07, 6.45) is 1.13. The number of rotatable bonds is 6. The maximum absolute atomic E-state index is 5.53. The minimum Gasteiger partial charge on any atom is -0.462 e. The van der Waals surface area contributed by atoms with E-state index in [0.29, 0.717) is 12.6 Å². The zero-order valence-corrected chi connectivity index (χ0v) is 9.17. The molecule has 3 heteroatoms. The first-order chi connectivity index (χ1) is 6.76. The number of nitrogens with one attached hydrogen (secondary N) is 1. The summed E-state index contributed by atoms with van der Waals surface area (Å²) in [6.45, 7) is 5.66. The smallest absolute Gasteiger partial charge is 0.129 e. The van der Waals surface area contributed by atoms with Crippen molar-refractivity contribution in [3.05, 3.63) is 23.7 Å². The first-order valence-electron chi connectivity index (χ1n) is 5.06. The summed E-state index contributed by atoms with van der Waals surface area (Å²) in [7, 11) is 1.67. The standard InChI is InChI=1S/C11H19NO2/c1-4-9(2)12-7-10-5-6-11(14-10)8-13-3/h5-6,9,12H,4,7-8H2,1-3H3. The number of methoxy groups -OCH3 is 1. The Labute approximate surface area is 85.4 Å². The Morgan fingerprint density at radius 1 is 1.43 bits per heavy atom. The van der Waals surface area contributed by atoms with Gasteiger partial charge in [0.15, 0.2) is 0 Å². The van der Waals surface area contributed by atoms with E-state index in [2.05, 4.69) is 19.2 Å². The molecule has 0 saturated carbocycles. The molecular formula is C11H19NO2. The Hall–Kier alpha value is -0.800. The van der Waals surface area contributed by atoms with Crippen LogP contribution in [0, 0.1) is 0 Å². The molecule has 0 aliphatic carbocycles. The highest BCUT2D eigenvalue weighted by atomic mass is 16.5. The average Bonchev–Trinajstić information content (AvgIpc) is 2.63. The van der Waals surface area contributed by atoms with Gasteiger partial charge in [-0.25, -0.2) is 0 Å². The van der Waals surface area contributed by atoms with Crippen molar-refractivity contribution in [1.82, 2.24) is 5.32 Å². The first-order valence-corrected chi connectivity index (χ1v) is 5.06. The van der Waals surface area contributed by atoms with Crippen LogP contribution in [0.3, 0.4) is 0 Å². The summed E-state index contributed by atoms with van der Waals surface area (Å²) in [6, 6.07) is 4.48. The van der Waals surface area contributed by atoms with Crippen LogP contribution in [0.4, 0.5) is 0 Å². The van der Waals surface area contributed by atoms with Crippen LogP contribution in [-0.4, -0.2) is 13.2 Å². The van der Waals surface area contributed by atoms with Crippen molar-refractivity contribution in [3.8, 4) is 0 Å². The molecule has 80 valence electrons. The zero-order chi connectivity index (χ0) is 10.4. The zero-order valence-electron chi connectivity index (χ0n) is 9.17. The van der Waals surface area contributed by atoms with Gasteiger partial charge in [0.1, 0.15) is 18.1 Å². The molecule has 0 aromatic carbocycles. The van der Waals surface area contributed by atoms with Gasteiger partial charge < -0.3 is 14.5 Å². The van der Waals surface area contributed by atoms with Gasteiger partial charge in [-0.1, -0.05) is 6.92 Å². The summed E-state index contributed by atoms with van der Waals surface area (Å²) in [5.41, 5.74) is 0. The van der Waals surface area contributed by atoms with E-state index >= 15 is 0 Å². The van der Waals surface area contributed by atoms with Crippen LogP contribution in [0.2, 0.25) is 0 Å². The minimum absolute atomic E-state index is 0.533. The van der Waals surface area contributed by atoms with Crippen molar-refractivity contribution in [2.45, 2.75) is 39.5 Å². The topological polar surface area (TPSA) is 34.4 Å². The van der Waals surface area contributed by atoms with Gasteiger partial charge in [0.25, 0.3) is 0 Å². The van der Waals surface area contributed by atoms with Gasteiger partial charge in [0.05, 0.1) is 6.54 Å². The highest BCUT2D eigenvalue weighted by molar-refractivity contribution is 5.06. The third-order valence-electron chi connectivity index (χ3n) is 2.24. The molecule has 1 atom stereocenters. The van der Waals surface area contributed by atoms with Gasteiger partial charge >= 0.3 is 0 Å². The molecule has 0 amide bonds. The molecule has 0 aliphatic heterocycles. The molecule has 3 nitrogen and oxygen atoms in total. The highest BCUT2D eigenvalue weighted by Gasteiger charge is 2.03. The SMILES string of the molecule is CCC(C)NCc1ccc(COC)o1. The second-order valence-corrected chi connectivity index (χ2v) is 3.49. The highest BCUT2D eigenvalue weighted by Crippen LogP contribution is 2.08. The molecule has 0 bridgehead atoms. The Balaban J connectivity index is 2.35. The van der Waals surface area contributed by atoms with Crippen LogP contribution in [0.15, 0.2) is 16.5 Å². The van der Waals surface area contributed by atoms with Crippen molar-refractivity contribution in [2.24, 2.45) is 0 Å². The van der Waals surface area contributed by atoms with Crippen LogP contribution in [-0.2, 0) is 17.9 Å². The summed E-state index contributed by atoms with van der Waals surface area (Å²) in [5, 5.41) is 3.37. The quantitative estimate of drug-likeness (QED) is 0.760. The van der Waals surface area contributed by atoms with Crippen molar-refractivity contribution in [2.75, 3.05) is 7.11 Å².